The van der Waals surface area contributed by atoms with E-state index in [1.807, 2.05) is 0 Å². The molecule has 0 aliphatic carbocycles. The Morgan fingerprint density at radius 1 is 1.39 bits per heavy atom. The minimum atomic E-state index is -0.808. The monoisotopic (exact) mass is 247 g/mol. The number of nitrogens with two attached hydrogens (primary N) is 1. The van der Waals surface area contributed by atoms with E-state index in [9.17, 15) is 14.3 Å². The lowest BCUT2D eigenvalue weighted by Gasteiger charge is -2.08. The van der Waals surface area contributed by atoms with Crippen molar-refractivity contribution in [2.75, 3.05) is 0 Å². The van der Waals surface area contributed by atoms with Crippen LogP contribution in [-0.2, 0) is 6.61 Å². The summed E-state index contributed by atoms with van der Waals surface area (Å²) in [5.74, 6) is -1.52. The maximum atomic E-state index is 13.7. The summed E-state index contributed by atoms with van der Waals surface area (Å²) in [4.78, 5) is 18.6. The molecule has 0 fully saturated rings. The number of carbonyl (C=O) groups is 1. The molecule has 0 bridgehead atoms. The lowest BCUT2D eigenvalue weighted by atomic mass is 10.1. The fraction of sp³-hybridized carbons (Fsp3) is 0.0833. The van der Waals surface area contributed by atoms with Gasteiger partial charge in [-0.25, -0.2) is 14.4 Å². The number of benzene rings is 1. The molecule has 2 aromatic rings. The molecule has 1 aromatic heterocycles. The van der Waals surface area contributed by atoms with Gasteiger partial charge in [0.1, 0.15) is 5.82 Å². The predicted octanol–water partition coefficient (Wildman–Crippen LogP) is 0.874. The van der Waals surface area contributed by atoms with Crippen molar-refractivity contribution in [3.8, 4) is 11.3 Å². The molecular weight excluding hydrogens is 237 g/mol. The van der Waals surface area contributed by atoms with Crippen molar-refractivity contribution >= 4 is 5.91 Å². The van der Waals surface area contributed by atoms with E-state index < -0.39 is 11.7 Å². The van der Waals surface area contributed by atoms with Crippen molar-refractivity contribution < 1.29 is 14.3 Å². The highest BCUT2D eigenvalue weighted by atomic mass is 19.1. The number of nitrogens with zero attached hydrogens (tertiary/aromatic N) is 2. The van der Waals surface area contributed by atoms with Gasteiger partial charge < -0.3 is 10.8 Å². The Bertz CT molecular complexity index is 602. The molecule has 2 rings (SSSR count). The van der Waals surface area contributed by atoms with Gasteiger partial charge in [-0.05, 0) is 12.1 Å². The van der Waals surface area contributed by atoms with Gasteiger partial charge in [-0.15, -0.1) is 0 Å². The Morgan fingerprint density at radius 3 is 2.72 bits per heavy atom. The van der Waals surface area contributed by atoms with Crippen molar-refractivity contribution in [3.05, 3.63) is 47.7 Å². The Labute approximate surface area is 102 Å². The second kappa shape index (κ2) is 4.89. The Hall–Kier alpha value is -2.34. The third kappa shape index (κ3) is 2.18. The van der Waals surface area contributed by atoms with Gasteiger partial charge >= 0.3 is 0 Å². The van der Waals surface area contributed by atoms with Crippen molar-refractivity contribution in [1.29, 1.82) is 0 Å². The lowest BCUT2D eigenvalue weighted by Crippen LogP contribution is -2.16. The highest BCUT2D eigenvalue weighted by molar-refractivity contribution is 5.89. The lowest BCUT2D eigenvalue weighted by molar-refractivity contribution is 0.0990. The van der Waals surface area contributed by atoms with Crippen LogP contribution in [0, 0.1) is 5.82 Å². The summed E-state index contributed by atoms with van der Waals surface area (Å²) in [7, 11) is 0. The van der Waals surface area contributed by atoms with Gasteiger partial charge in [0.15, 0.2) is 0 Å². The van der Waals surface area contributed by atoms with E-state index in [2.05, 4.69) is 9.97 Å². The molecule has 0 saturated heterocycles. The normalized spacial score (nSPS) is 10.3. The highest BCUT2D eigenvalue weighted by Crippen LogP contribution is 2.23. The van der Waals surface area contributed by atoms with Gasteiger partial charge in [0, 0.05) is 17.3 Å². The molecule has 18 heavy (non-hydrogen) atoms. The number of primary amides is 1. The zero-order chi connectivity index (χ0) is 13.1. The molecule has 0 aliphatic rings. The quantitative estimate of drug-likeness (QED) is 0.842. The van der Waals surface area contributed by atoms with Crippen LogP contribution in [0.5, 0.6) is 0 Å². The molecule has 0 unspecified atom stereocenters. The van der Waals surface area contributed by atoms with E-state index in [1.54, 1.807) is 6.07 Å². The molecule has 0 aliphatic heterocycles. The summed E-state index contributed by atoms with van der Waals surface area (Å²) in [6.07, 6.45) is 1.26. The SMILES string of the molecule is NC(=O)c1ncc(CO)c(-c2ccccc2F)n1. The molecule has 1 heterocycles. The maximum Gasteiger partial charge on any atom is 0.286 e. The fourth-order valence-electron chi connectivity index (χ4n) is 1.53. The fourth-order valence-corrected chi connectivity index (χ4v) is 1.53. The van der Waals surface area contributed by atoms with Gasteiger partial charge in [0.25, 0.3) is 5.91 Å². The van der Waals surface area contributed by atoms with Crippen molar-refractivity contribution in [1.82, 2.24) is 9.97 Å². The smallest absolute Gasteiger partial charge is 0.286 e. The first-order chi connectivity index (χ1) is 8.63. The number of aromatic nitrogens is 2. The summed E-state index contributed by atoms with van der Waals surface area (Å²) in [5.41, 5.74) is 5.75. The molecule has 1 amide bonds. The van der Waals surface area contributed by atoms with Crippen LogP contribution in [0.3, 0.4) is 0 Å². The molecule has 92 valence electrons. The summed E-state index contributed by atoms with van der Waals surface area (Å²) in [6, 6.07) is 5.93. The number of aliphatic hydroxyl groups is 1. The molecule has 0 spiro atoms. The molecule has 0 saturated carbocycles. The Kier molecular flexibility index (Phi) is 3.29. The maximum absolute atomic E-state index is 13.7. The third-order valence-electron chi connectivity index (χ3n) is 2.38. The highest BCUT2D eigenvalue weighted by Gasteiger charge is 2.14. The van der Waals surface area contributed by atoms with E-state index in [-0.39, 0.29) is 23.7 Å². The number of carbonyl (C=O) groups excluding carboxylic acids is 1. The number of hydrogen-bond donors (Lipinski definition) is 2. The number of aliphatic hydroxyl groups excluding tert-OH is 1. The van der Waals surface area contributed by atoms with Crippen LogP contribution in [0.15, 0.2) is 30.5 Å². The van der Waals surface area contributed by atoms with Crippen molar-refractivity contribution in [2.45, 2.75) is 6.61 Å². The van der Waals surface area contributed by atoms with Crippen LogP contribution < -0.4 is 5.73 Å². The Balaban J connectivity index is 2.64. The van der Waals surface area contributed by atoms with Gasteiger partial charge in [0.05, 0.1) is 12.3 Å². The predicted molar refractivity (Wildman–Crippen MR) is 61.9 cm³/mol. The first-order valence-corrected chi connectivity index (χ1v) is 5.15. The Morgan fingerprint density at radius 2 is 2.11 bits per heavy atom. The van der Waals surface area contributed by atoms with Crippen LogP contribution in [0.1, 0.15) is 16.2 Å². The summed E-state index contributed by atoms with van der Waals surface area (Å²) in [5, 5.41) is 9.18. The van der Waals surface area contributed by atoms with Gasteiger partial charge in [-0.3, -0.25) is 4.79 Å². The zero-order valence-electron chi connectivity index (χ0n) is 9.30. The average Bonchev–Trinajstić information content (AvgIpc) is 2.38. The van der Waals surface area contributed by atoms with E-state index >= 15 is 0 Å². The second-order valence-corrected chi connectivity index (χ2v) is 3.57. The number of halogens is 1. The van der Waals surface area contributed by atoms with Crippen LogP contribution in [0.4, 0.5) is 4.39 Å². The van der Waals surface area contributed by atoms with E-state index in [0.717, 1.165) is 0 Å². The zero-order valence-corrected chi connectivity index (χ0v) is 9.30. The van der Waals surface area contributed by atoms with Gasteiger partial charge in [-0.1, -0.05) is 12.1 Å². The first-order valence-electron chi connectivity index (χ1n) is 5.15. The molecule has 6 heteroatoms. The molecule has 1 aromatic carbocycles. The molecular formula is C12H10FN3O2. The van der Waals surface area contributed by atoms with Gasteiger partial charge in [0.2, 0.25) is 5.82 Å². The van der Waals surface area contributed by atoms with Gasteiger partial charge in [-0.2, -0.15) is 0 Å². The number of hydrogen-bond acceptors (Lipinski definition) is 4. The average molecular weight is 247 g/mol. The topological polar surface area (TPSA) is 89.1 Å². The van der Waals surface area contributed by atoms with E-state index in [1.165, 1.54) is 24.4 Å². The molecule has 5 nitrogen and oxygen atoms in total. The summed E-state index contributed by atoms with van der Waals surface area (Å²) < 4.78 is 13.7. The number of rotatable bonds is 3. The third-order valence-corrected chi connectivity index (χ3v) is 2.38. The van der Waals surface area contributed by atoms with Crippen molar-refractivity contribution in [2.24, 2.45) is 5.73 Å². The first kappa shape index (κ1) is 12.1. The largest absolute Gasteiger partial charge is 0.392 e. The van der Waals surface area contributed by atoms with Crippen LogP contribution >= 0.6 is 0 Å². The minimum absolute atomic E-state index is 0.166. The van der Waals surface area contributed by atoms with E-state index in [0.29, 0.717) is 5.56 Å². The van der Waals surface area contributed by atoms with Crippen LogP contribution in [0.25, 0.3) is 11.3 Å². The standard InChI is InChI=1S/C12H10FN3O2/c13-9-4-2-1-3-8(9)10-7(6-17)5-15-12(16-10)11(14)18/h1-5,17H,6H2,(H2,14,18). The molecule has 0 atom stereocenters. The second-order valence-electron chi connectivity index (χ2n) is 3.57. The minimum Gasteiger partial charge on any atom is -0.392 e. The molecule has 3 N–H and O–H groups in total. The van der Waals surface area contributed by atoms with Crippen LogP contribution in [-0.4, -0.2) is 21.0 Å². The summed E-state index contributed by atoms with van der Waals surface area (Å²) in [6.45, 7) is -0.358. The number of amides is 1. The van der Waals surface area contributed by atoms with Crippen LogP contribution in [0.2, 0.25) is 0 Å². The van der Waals surface area contributed by atoms with E-state index in [4.69, 9.17) is 5.73 Å². The van der Waals surface area contributed by atoms with Crippen molar-refractivity contribution in [3.63, 3.8) is 0 Å². The summed E-state index contributed by atoms with van der Waals surface area (Å²) >= 11 is 0. The molecule has 0 radical (unpaired) electrons.